The molecule has 2 aliphatic rings. The quantitative estimate of drug-likeness (QED) is 0.794. The summed E-state index contributed by atoms with van der Waals surface area (Å²) in [7, 11) is 0. The van der Waals surface area contributed by atoms with Gasteiger partial charge in [0.2, 0.25) is 5.91 Å². The number of rotatable bonds is 5. The first kappa shape index (κ1) is 19.0. The van der Waals surface area contributed by atoms with Gasteiger partial charge >= 0.3 is 0 Å². The predicted octanol–water partition coefficient (Wildman–Crippen LogP) is 3.75. The number of hydrogen-bond donors (Lipinski definition) is 0. The molecule has 0 aliphatic carbocycles. The van der Waals surface area contributed by atoms with Crippen LogP contribution in [-0.2, 0) is 17.8 Å². The number of ether oxygens (including phenoxy) is 1. The summed E-state index contributed by atoms with van der Waals surface area (Å²) in [6.45, 7) is 6.26. The smallest absolute Gasteiger partial charge is 0.239 e. The molecule has 2 aromatic rings. The zero-order chi connectivity index (χ0) is 19.3. The minimum atomic E-state index is -0.0675. The Morgan fingerprint density at radius 3 is 2.64 bits per heavy atom. The molecule has 2 aromatic carbocycles. The van der Waals surface area contributed by atoms with Crippen molar-refractivity contribution in [3.8, 4) is 5.75 Å². The molecular formula is C24H30N2O2. The van der Waals surface area contributed by atoms with E-state index in [4.69, 9.17) is 4.74 Å². The molecule has 148 valence electrons. The van der Waals surface area contributed by atoms with Gasteiger partial charge in [-0.2, -0.15) is 0 Å². The number of piperidine rings is 1. The van der Waals surface area contributed by atoms with E-state index in [0.717, 1.165) is 51.2 Å². The van der Waals surface area contributed by atoms with E-state index < -0.39 is 0 Å². The molecule has 4 rings (SSSR count). The highest BCUT2D eigenvalue weighted by atomic mass is 16.5. The number of carbonyl (C=O) groups excluding carboxylic acids is 1. The van der Waals surface area contributed by atoms with Crippen LogP contribution < -0.4 is 4.74 Å². The summed E-state index contributed by atoms with van der Waals surface area (Å²) in [6.07, 6.45) is 3.22. The average molecular weight is 379 g/mol. The number of likely N-dealkylation sites (tertiary alicyclic amines) is 1. The van der Waals surface area contributed by atoms with E-state index in [9.17, 15) is 4.79 Å². The van der Waals surface area contributed by atoms with Crippen LogP contribution in [0.1, 0.15) is 30.9 Å². The van der Waals surface area contributed by atoms with Gasteiger partial charge in [0.05, 0.1) is 12.6 Å². The zero-order valence-electron chi connectivity index (χ0n) is 16.7. The summed E-state index contributed by atoms with van der Waals surface area (Å²) < 4.78 is 5.94. The average Bonchev–Trinajstić information content (AvgIpc) is 2.77. The molecular weight excluding hydrogens is 348 g/mol. The zero-order valence-corrected chi connectivity index (χ0v) is 16.7. The number of benzene rings is 2. The highest BCUT2D eigenvalue weighted by molar-refractivity contribution is 5.81. The second-order valence-electron chi connectivity index (χ2n) is 8.08. The Balaban J connectivity index is 1.32. The third-order valence-corrected chi connectivity index (χ3v) is 6.12. The van der Waals surface area contributed by atoms with E-state index in [1.165, 1.54) is 11.1 Å². The lowest BCUT2D eigenvalue weighted by molar-refractivity contribution is -0.138. The van der Waals surface area contributed by atoms with Crippen molar-refractivity contribution in [2.75, 3.05) is 26.2 Å². The number of para-hydroxylation sites is 1. The molecule has 0 radical (unpaired) electrons. The molecule has 4 nitrogen and oxygen atoms in total. The second kappa shape index (κ2) is 8.78. The monoisotopic (exact) mass is 378 g/mol. The van der Waals surface area contributed by atoms with E-state index in [1.807, 2.05) is 30.3 Å². The van der Waals surface area contributed by atoms with Crippen LogP contribution in [0.3, 0.4) is 0 Å². The number of amides is 1. The Hall–Kier alpha value is -2.33. The summed E-state index contributed by atoms with van der Waals surface area (Å²) in [6, 6.07) is 18.5. The van der Waals surface area contributed by atoms with Crippen LogP contribution in [-0.4, -0.2) is 48.0 Å². The highest BCUT2D eigenvalue weighted by Gasteiger charge is 2.31. The molecule has 0 bridgehead atoms. The lowest BCUT2D eigenvalue weighted by Gasteiger charge is -2.38. The Morgan fingerprint density at radius 2 is 1.82 bits per heavy atom. The van der Waals surface area contributed by atoms with Gasteiger partial charge in [0.15, 0.2) is 0 Å². The van der Waals surface area contributed by atoms with Gasteiger partial charge in [-0.05, 0) is 49.4 Å². The first-order valence-corrected chi connectivity index (χ1v) is 10.5. The summed E-state index contributed by atoms with van der Waals surface area (Å²) in [5.41, 5.74) is 2.79. The SMILES string of the molecule is CC(C(=O)N1CCCC(COc2ccccc2)C1)N1CCc2ccccc2C1. The Labute approximate surface area is 168 Å². The molecule has 0 N–H and O–H groups in total. The maximum absolute atomic E-state index is 13.2. The van der Waals surface area contributed by atoms with E-state index >= 15 is 0 Å². The summed E-state index contributed by atoms with van der Waals surface area (Å²) in [5.74, 6) is 1.59. The fourth-order valence-corrected chi connectivity index (χ4v) is 4.40. The van der Waals surface area contributed by atoms with Crippen molar-refractivity contribution < 1.29 is 9.53 Å². The van der Waals surface area contributed by atoms with Gasteiger partial charge in [-0.15, -0.1) is 0 Å². The maximum atomic E-state index is 13.2. The Kier molecular flexibility index (Phi) is 5.96. The van der Waals surface area contributed by atoms with Crippen LogP contribution >= 0.6 is 0 Å². The Morgan fingerprint density at radius 1 is 1.07 bits per heavy atom. The molecule has 0 spiro atoms. The van der Waals surface area contributed by atoms with Crippen molar-refractivity contribution in [1.82, 2.24) is 9.80 Å². The second-order valence-corrected chi connectivity index (χ2v) is 8.08. The van der Waals surface area contributed by atoms with Crippen molar-refractivity contribution in [3.05, 3.63) is 65.7 Å². The molecule has 0 saturated carbocycles. The molecule has 2 heterocycles. The van der Waals surface area contributed by atoms with Crippen LogP contribution in [0.2, 0.25) is 0 Å². The lowest BCUT2D eigenvalue weighted by Crippen LogP contribution is -2.51. The van der Waals surface area contributed by atoms with Crippen molar-refractivity contribution in [2.24, 2.45) is 5.92 Å². The van der Waals surface area contributed by atoms with Crippen LogP contribution in [0.4, 0.5) is 0 Å². The third-order valence-electron chi connectivity index (χ3n) is 6.12. The normalized spacial score (nSPS) is 21.0. The molecule has 1 fully saturated rings. The minimum Gasteiger partial charge on any atom is -0.493 e. The van der Waals surface area contributed by atoms with Crippen LogP contribution in [0.25, 0.3) is 0 Å². The number of carbonyl (C=O) groups is 1. The van der Waals surface area contributed by atoms with Gasteiger partial charge in [0, 0.05) is 32.1 Å². The topological polar surface area (TPSA) is 32.8 Å². The molecule has 1 saturated heterocycles. The van der Waals surface area contributed by atoms with Gasteiger partial charge in [0.25, 0.3) is 0 Å². The first-order valence-electron chi connectivity index (χ1n) is 10.5. The largest absolute Gasteiger partial charge is 0.493 e. The van der Waals surface area contributed by atoms with Crippen molar-refractivity contribution in [2.45, 2.75) is 38.8 Å². The van der Waals surface area contributed by atoms with E-state index in [2.05, 4.69) is 41.0 Å². The molecule has 28 heavy (non-hydrogen) atoms. The molecule has 0 aromatic heterocycles. The van der Waals surface area contributed by atoms with Crippen molar-refractivity contribution in [3.63, 3.8) is 0 Å². The van der Waals surface area contributed by atoms with Crippen LogP contribution in [0, 0.1) is 5.92 Å². The maximum Gasteiger partial charge on any atom is 0.239 e. The predicted molar refractivity (Wildman–Crippen MR) is 111 cm³/mol. The molecule has 4 heteroatoms. The standard InChI is InChI=1S/C24H30N2O2/c1-19(25-15-13-21-9-5-6-10-22(21)17-25)24(27)26-14-7-8-20(16-26)18-28-23-11-3-2-4-12-23/h2-6,9-12,19-20H,7-8,13-18H2,1H3. The fraction of sp³-hybridized carbons (Fsp3) is 0.458. The highest BCUT2D eigenvalue weighted by Crippen LogP contribution is 2.23. The summed E-state index contributed by atoms with van der Waals surface area (Å²) in [5, 5.41) is 0. The summed E-state index contributed by atoms with van der Waals surface area (Å²) >= 11 is 0. The molecule has 1 amide bonds. The van der Waals surface area contributed by atoms with Gasteiger partial charge in [0.1, 0.15) is 5.75 Å². The number of fused-ring (bicyclic) bond motifs is 1. The van der Waals surface area contributed by atoms with Gasteiger partial charge in [-0.25, -0.2) is 0 Å². The third kappa shape index (κ3) is 4.39. The summed E-state index contributed by atoms with van der Waals surface area (Å²) in [4.78, 5) is 17.6. The van der Waals surface area contributed by atoms with E-state index in [-0.39, 0.29) is 11.9 Å². The van der Waals surface area contributed by atoms with Gasteiger partial charge in [-0.3, -0.25) is 9.69 Å². The van der Waals surface area contributed by atoms with Crippen molar-refractivity contribution in [1.29, 1.82) is 0 Å². The van der Waals surface area contributed by atoms with E-state index in [0.29, 0.717) is 12.5 Å². The van der Waals surface area contributed by atoms with Crippen LogP contribution in [0.15, 0.2) is 54.6 Å². The van der Waals surface area contributed by atoms with Crippen LogP contribution in [0.5, 0.6) is 5.75 Å². The van der Waals surface area contributed by atoms with Gasteiger partial charge in [-0.1, -0.05) is 42.5 Å². The molecule has 2 aliphatic heterocycles. The fourth-order valence-electron chi connectivity index (χ4n) is 4.40. The minimum absolute atomic E-state index is 0.0675. The molecule has 2 unspecified atom stereocenters. The number of nitrogens with zero attached hydrogens (tertiary/aromatic N) is 2. The Bertz CT molecular complexity index is 792. The van der Waals surface area contributed by atoms with Gasteiger partial charge < -0.3 is 9.64 Å². The lowest BCUT2D eigenvalue weighted by atomic mass is 9.96. The van der Waals surface area contributed by atoms with Crippen molar-refractivity contribution >= 4 is 5.91 Å². The van der Waals surface area contributed by atoms with E-state index in [1.54, 1.807) is 0 Å². The molecule has 2 atom stereocenters. The first-order chi connectivity index (χ1) is 13.7. The number of hydrogen-bond acceptors (Lipinski definition) is 3.